The Bertz CT molecular complexity index is 638. The van der Waals surface area contributed by atoms with Crippen LogP contribution in [0.3, 0.4) is 0 Å². The second-order valence-electron chi connectivity index (χ2n) is 4.54. The fraction of sp³-hybridized carbons (Fsp3) is 0.214. The van der Waals surface area contributed by atoms with E-state index in [0.29, 0.717) is 0 Å². The monoisotopic (exact) mass is 336 g/mol. The smallest absolute Gasteiger partial charge is 0.251 e. The van der Waals surface area contributed by atoms with E-state index in [-0.39, 0.29) is 11.9 Å². The van der Waals surface area contributed by atoms with Gasteiger partial charge in [0.15, 0.2) is 0 Å². The fourth-order valence-corrected chi connectivity index (χ4v) is 3.74. The van der Waals surface area contributed by atoms with E-state index in [1.54, 1.807) is 11.3 Å². The van der Waals surface area contributed by atoms with Gasteiger partial charge in [0, 0.05) is 17.0 Å². The molecule has 1 atom stereocenters. The maximum absolute atomic E-state index is 11.8. The van der Waals surface area contributed by atoms with Crippen molar-refractivity contribution in [1.82, 2.24) is 5.32 Å². The largest absolute Gasteiger partial charge is 0.352 e. The van der Waals surface area contributed by atoms with Gasteiger partial charge in [-0.1, -0.05) is 12.1 Å². The van der Waals surface area contributed by atoms with Gasteiger partial charge in [-0.3, -0.25) is 4.79 Å². The first-order valence-electron chi connectivity index (χ1n) is 6.07. The minimum atomic E-state index is -0.184. The number of nitrogens with one attached hydrogen (secondary N) is 1. The Morgan fingerprint density at radius 2 is 2.16 bits per heavy atom. The molecule has 0 bridgehead atoms. The van der Waals surface area contributed by atoms with Crippen LogP contribution < -0.4 is 11.1 Å². The molecule has 2 aromatic rings. The number of hydrogen-bond donors (Lipinski definition) is 2. The molecule has 3 N–H and O–H groups in total. The zero-order chi connectivity index (χ0) is 13.4. The summed E-state index contributed by atoms with van der Waals surface area (Å²) in [7, 11) is 0. The lowest BCUT2D eigenvalue weighted by Gasteiger charge is -2.19. The van der Waals surface area contributed by atoms with Crippen LogP contribution in [0.1, 0.15) is 32.4 Å². The molecule has 0 fully saturated rings. The van der Waals surface area contributed by atoms with E-state index >= 15 is 0 Å². The number of rotatable bonds is 2. The molecule has 5 heteroatoms. The van der Waals surface area contributed by atoms with Crippen LogP contribution in [-0.2, 0) is 6.42 Å². The number of nitrogens with two attached hydrogens (primary N) is 1. The lowest BCUT2D eigenvalue weighted by atomic mass is 9.95. The van der Waals surface area contributed by atoms with Gasteiger partial charge in [0.05, 0.1) is 9.83 Å². The highest BCUT2D eigenvalue weighted by Crippen LogP contribution is 2.30. The topological polar surface area (TPSA) is 55.1 Å². The molecular weight excluding hydrogens is 324 g/mol. The van der Waals surface area contributed by atoms with Crippen molar-refractivity contribution in [2.24, 2.45) is 5.73 Å². The molecule has 0 aliphatic carbocycles. The van der Waals surface area contributed by atoms with Crippen molar-refractivity contribution in [1.29, 1.82) is 0 Å². The Labute approximate surface area is 124 Å². The van der Waals surface area contributed by atoms with Crippen LogP contribution in [0.15, 0.2) is 34.1 Å². The standard InChI is InChI=1S/C14H13BrN2OS/c15-12-4-3-11(19-12)13(16)9-2-1-8-5-6-17-14(18)10(8)7-9/h1-4,7,13H,5-6,16H2,(H,17,18). The average Bonchev–Trinajstić information content (AvgIpc) is 2.85. The first-order chi connectivity index (χ1) is 9.15. The molecule has 3 nitrogen and oxygen atoms in total. The maximum atomic E-state index is 11.8. The van der Waals surface area contributed by atoms with Gasteiger partial charge in [0.1, 0.15) is 0 Å². The van der Waals surface area contributed by atoms with Crippen LogP contribution in [0.2, 0.25) is 0 Å². The van der Waals surface area contributed by atoms with E-state index in [1.807, 2.05) is 30.3 Å². The molecule has 98 valence electrons. The summed E-state index contributed by atoms with van der Waals surface area (Å²) in [5.41, 5.74) is 9.11. The second kappa shape index (κ2) is 5.07. The van der Waals surface area contributed by atoms with Crippen molar-refractivity contribution in [3.05, 3.63) is 55.7 Å². The van der Waals surface area contributed by atoms with Crippen molar-refractivity contribution in [2.45, 2.75) is 12.5 Å². The van der Waals surface area contributed by atoms with Gasteiger partial charge in [-0.25, -0.2) is 0 Å². The van der Waals surface area contributed by atoms with Gasteiger partial charge in [-0.05, 0) is 51.7 Å². The molecule has 0 saturated carbocycles. The highest BCUT2D eigenvalue weighted by atomic mass is 79.9. The highest BCUT2D eigenvalue weighted by molar-refractivity contribution is 9.11. The SMILES string of the molecule is NC(c1ccc2c(c1)C(=O)NCC2)c1ccc(Br)s1. The number of hydrogen-bond acceptors (Lipinski definition) is 3. The molecule has 1 aromatic heterocycles. The Morgan fingerprint density at radius 1 is 1.32 bits per heavy atom. The van der Waals surface area contributed by atoms with Gasteiger partial charge in [0.25, 0.3) is 5.91 Å². The Balaban J connectivity index is 1.97. The van der Waals surface area contributed by atoms with Crippen molar-refractivity contribution < 1.29 is 4.79 Å². The number of carbonyl (C=O) groups excluding carboxylic acids is 1. The number of benzene rings is 1. The minimum Gasteiger partial charge on any atom is -0.352 e. The van der Waals surface area contributed by atoms with E-state index in [1.165, 1.54) is 0 Å². The molecular formula is C14H13BrN2OS. The number of thiophene rings is 1. The van der Waals surface area contributed by atoms with Gasteiger partial charge < -0.3 is 11.1 Å². The molecule has 2 heterocycles. The van der Waals surface area contributed by atoms with Crippen molar-refractivity contribution in [2.75, 3.05) is 6.54 Å². The van der Waals surface area contributed by atoms with Crippen LogP contribution in [0.5, 0.6) is 0 Å². The van der Waals surface area contributed by atoms with E-state index in [9.17, 15) is 4.79 Å². The summed E-state index contributed by atoms with van der Waals surface area (Å²) in [4.78, 5) is 12.9. The molecule has 1 aliphatic rings. The van der Waals surface area contributed by atoms with Gasteiger partial charge >= 0.3 is 0 Å². The summed E-state index contributed by atoms with van der Waals surface area (Å²) in [5, 5.41) is 2.86. The number of fused-ring (bicyclic) bond motifs is 1. The predicted octanol–water partition coefficient (Wildman–Crippen LogP) is 2.84. The normalized spacial score (nSPS) is 15.8. The van der Waals surface area contributed by atoms with E-state index in [4.69, 9.17) is 5.73 Å². The zero-order valence-electron chi connectivity index (χ0n) is 10.2. The fourth-order valence-electron chi connectivity index (χ4n) is 2.28. The van der Waals surface area contributed by atoms with Crippen LogP contribution in [0.4, 0.5) is 0 Å². The Hall–Kier alpha value is -1.17. The number of halogens is 1. The van der Waals surface area contributed by atoms with E-state index in [0.717, 1.165) is 38.3 Å². The number of carbonyl (C=O) groups is 1. The first-order valence-corrected chi connectivity index (χ1v) is 7.68. The summed E-state index contributed by atoms with van der Waals surface area (Å²) in [6.45, 7) is 0.717. The molecule has 0 spiro atoms. The van der Waals surface area contributed by atoms with Crippen molar-refractivity contribution in [3.8, 4) is 0 Å². The molecule has 1 aliphatic heterocycles. The molecule has 1 amide bonds. The van der Waals surface area contributed by atoms with Crippen LogP contribution in [-0.4, -0.2) is 12.5 Å². The quantitative estimate of drug-likeness (QED) is 0.885. The average molecular weight is 337 g/mol. The molecule has 0 saturated heterocycles. The summed E-state index contributed by atoms with van der Waals surface area (Å²) in [6, 6.07) is 9.78. The molecule has 1 unspecified atom stereocenters. The summed E-state index contributed by atoms with van der Waals surface area (Å²) < 4.78 is 1.06. The highest BCUT2D eigenvalue weighted by Gasteiger charge is 2.19. The van der Waals surface area contributed by atoms with Gasteiger partial charge in [-0.15, -0.1) is 11.3 Å². The second-order valence-corrected chi connectivity index (χ2v) is 7.04. The lowest BCUT2D eigenvalue weighted by molar-refractivity contribution is 0.0946. The summed E-state index contributed by atoms with van der Waals surface area (Å²) in [6.07, 6.45) is 0.890. The third-order valence-corrected chi connectivity index (χ3v) is 5.02. The van der Waals surface area contributed by atoms with Crippen molar-refractivity contribution in [3.63, 3.8) is 0 Å². The van der Waals surface area contributed by atoms with Crippen LogP contribution in [0.25, 0.3) is 0 Å². The molecule has 1 aromatic carbocycles. The molecule has 3 rings (SSSR count). The third kappa shape index (κ3) is 2.45. The maximum Gasteiger partial charge on any atom is 0.251 e. The summed E-state index contributed by atoms with van der Waals surface area (Å²) in [5.74, 6) is 0.00246. The van der Waals surface area contributed by atoms with E-state index in [2.05, 4.69) is 21.2 Å². The number of amides is 1. The summed E-state index contributed by atoms with van der Waals surface area (Å²) >= 11 is 5.06. The minimum absolute atomic E-state index is 0.00246. The lowest BCUT2D eigenvalue weighted by Crippen LogP contribution is -2.32. The van der Waals surface area contributed by atoms with Crippen molar-refractivity contribution >= 4 is 33.2 Å². The Kier molecular flexibility index (Phi) is 3.43. The first kappa shape index (κ1) is 12.8. The van der Waals surface area contributed by atoms with Crippen LogP contribution in [0, 0.1) is 0 Å². The molecule has 19 heavy (non-hydrogen) atoms. The van der Waals surface area contributed by atoms with Crippen LogP contribution >= 0.6 is 27.3 Å². The Morgan fingerprint density at radius 3 is 2.89 bits per heavy atom. The third-order valence-electron chi connectivity index (χ3n) is 3.32. The predicted molar refractivity (Wildman–Crippen MR) is 80.5 cm³/mol. The van der Waals surface area contributed by atoms with Gasteiger partial charge in [-0.2, -0.15) is 0 Å². The van der Waals surface area contributed by atoms with E-state index < -0.39 is 0 Å². The molecule has 0 radical (unpaired) electrons. The van der Waals surface area contributed by atoms with Gasteiger partial charge in [0.2, 0.25) is 0 Å². The zero-order valence-corrected chi connectivity index (χ0v) is 12.6.